The number of likely N-dealkylation sites (tertiary alicyclic amines) is 1. The van der Waals surface area contributed by atoms with E-state index in [1.807, 2.05) is 0 Å². The summed E-state index contributed by atoms with van der Waals surface area (Å²) in [6.45, 7) is 1.41. The second-order valence-corrected chi connectivity index (χ2v) is 4.15. The Morgan fingerprint density at radius 3 is 2.24 bits per heavy atom. The van der Waals surface area contributed by atoms with Gasteiger partial charge >= 0.3 is 12.0 Å². The summed E-state index contributed by atoms with van der Waals surface area (Å²) in [4.78, 5) is 34.7. The summed E-state index contributed by atoms with van der Waals surface area (Å²) in [6, 6.07) is -0.328. The van der Waals surface area contributed by atoms with E-state index in [1.165, 1.54) is 0 Å². The van der Waals surface area contributed by atoms with E-state index < -0.39 is 5.97 Å². The monoisotopic (exact) mass is 242 g/mol. The highest BCUT2D eigenvalue weighted by atomic mass is 16.4. The number of imide groups is 1. The molecule has 0 spiro atoms. The minimum Gasteiger partial charge on any atom is -0.481 e. The second kappa shape index (κ2) is 6.88. The number of urea groups is 1. The van der Waals surface area contributed by atoms with Crippen molar-refractivity contribution in [3.8, 4) is 0 Å². The maximum atomic E-state index is 11.5. The van der Waals surface area contributed by atoms with Crippen LogP contribution in [0.5, 0.6) is 0 Å². The molecule has 0 atom stereocenters. The van der Waals surface area contributed by atoms with Crippen molar-refractivity contribution in [1.29, 1.82) is 0 Å². The van der Waals surface area contributed by atoms with E-state index in [2.05, 4.69) is 5.32 Å². The Kier molecular flexibility index (Phi) is 5.45. The molecule has 1 aliphatic rings. The van der Waals surface area contributed by atoms with Crippen molar-refractivity contribution in [3.05, 3.63) is 0 Å². The minimum atomic E-state index is -0.862. The lowest BCUT2D eigenvalue weighted by atomic mass is 10.2. The topological polar surface area (TPSA) is 86.7 Å². The molecule has 1 heterocycles. The van der Waals surface area contributed by atoms with Crippen LogP contribution in [0.1, 0.15) is 38.5 Å². The average Bonchev–Trinajstić information content (AvgIpc) is 2.77. The molecule has 0 radical (unpaired) electrons. The number of aliphatic carboxylic acids is 1. The fourth-order valence-electron chi connectivity index (χ4n) is 1.74. The van der Waals surface area contributed by atoms with Gasteiger partial charge in [0.2, 0.25) is 5.91 Å². The van der Waals surface area contributed by atoms with Gasteiger partial charge in [-0.15, -0.1) is 0 Å². The average molecular weight is 242 g/mol. The molecule has 96 valence electrons. The van der Waals surface area contributed by atoms with Crippen molar-refractivity contribution >= 4 is 17.9 Å². The number of nitrogens with one attached hydrogen (secondary N) is 1. The Morgan fingerprint density at radius 1 is 1.06 bits per heavy atom. The molecule has 0 aromatic rings. The Morgan fingerprint density at radius 2 is 1.65 bits per heavy atom. The van der Waals surface area contributed by atoms with Gasteiger partial charge in [-0.1, -0.05) is 0 Å². The van der Waals surface area contributed by atoms with E-state index in [9.17, 15) is 14.4 Å². The molecule has 0 aliphatic carbocycles. The van der Waals surface area contributed by atoms with Gasteiger partial charge in [0.15, 0.2) is 0 Å². The molecule has 6 nitrogen and oxygen atoms in total. The molecule has 1 rings (SSSR count). The van der Waals surface area contributed by atoms with Crippen molar-refractivity contribution < 1.29 is 19.5 Å². The summed E-state index contributed by atoms with van der Waals surface area (Å²) in [5.41, 5.74) is 0. The van der Waals surface area contributed by atoms with Crippen LogP contribution < -0.4 is 5.32 Å². The lowest BCUT2D eigenvalue weighted by Gasteiger charge is -2.15. The molecule has 0 aromatic heterocycles. The van der Waals surface area contributed by atoms with E-state index in [1.54, 1.807) is 4.90 Å². The zero-order chi connectivity index (χ0) is 12.7. The van der Waals surface area contributed by atoms with Crippen molar-refractivity contribution in [1.82, 2.24) is 10.2 Å². The molecule has 3 amide bonds. The summed E-state index contributed by atoms with van der Waals surface area (Å²) in [5.74, 6) is -1.19. The third-order valence-corrected chi connectivity index (χ3v) is 2.68. The first-order valence-corrected chi connectivity index (χ1v) is 5.90. The maximum Gasteiger partial charge on any atom is 0.324 e. The Hall–Kier alpha value is -1.59. The first kappa shape index (κ1) is 13.5. The van der Waals surface area contributed by atoms with E-state index in [0.717, 1.165) is 12.8 Å². The van der Waals surface area contributed by atoms with Crippen LogP contribution >= 0.6 is 0 Å². The number of rotatable bonds is 5. The van der Waals surface area contributed by atoms with Crippen LogP contribution in [0.15, 0.2) is 0 Å². The molecule has 0 saturated carbocycles. The molecule has 0 bridgehead atoms. The normalized spacial score (nSPS) is 14.7. The summed E-state index contributed by atoms with van der Waals surface area (Å²) >= 11 is 0. The molecule has 17 heavy (non-hydrogen) atoms. The van der Waals surface area contributed by atoms with Crippen molar-refractivity contribution in [2.24, 2.45) is 0 Å². The summed E-state index contributed by atoms with van der Waals surface area (Å²) in [7, 11) is 0. The Balaban J connectivity index is 2.11. The fourth-order valence-corrected chi connectivity index (χ4v) is 1.74. The van der Waals surface area contributed by atoms with Gasteiger partial charge in [0.25, 0.3) is 0 Å². The lowest BCUT2D eigenvalue weighted by Crippen LogP contribution is -2.41. The molecular weight excluding hydrogens is 224 g/mol. The number of carboxylic acids is 1. The van der Waals surface area contributed by atoms with Gasteiger partial charge in [-0.25, -0.2) is 4.79 Å². The number of carboxylic acid groups (broad SMARTS) is 1. The van der Waals surface area contributed by atoms with Gasteiger partial charge in [-0.05, 0) is 25.7 Å². The van der Waals surface area contributed by atoms with Crippen LogP contribution in [0.3, 0.4) is 0 Å². The molecule has 1 aliphatic heterocycles. The van der Waals surface area contributed by atoms with Crippen molar-refractivity contribution in [3.63, 3.8) is 0 Å². The van der Waals surface area contributed by atoms with Gasteiger partial charge in [0.1, 0.15) is 0 Å². The summed E-state index contributed by atoms with van der Waals surface area (Å²) in [6.07, 6.45) is 3.19. The minimum absolute atomic E-state index is 0.0628. The van der Waals surface area contributed by atoms with Crippen molar-refractivity contribution in [2.45, 2.75) is 38.5 Å². The molecule has 0 unspecified atom stereocenters. The number of amides is 3. The van der Waals surface area contributed by atoms with Gasteiger partial charge in [0, 0.05) is 25.9 Å². The Labute approximate surface area is 100.0 Å². The quantitative estimate of drug-likeness (QED) is 0.703. The second-order valence-electron chi connectivity index (χ2n) is 4.15. The van der Waals surface area contributed by atoms with Gasteiger partial charge < -0.3 is 10.0 Å². The molecule has 1 saturated heterocycles. The molecule has 1 fully saturated rings. The Bertz CT molecular complexity index is 298. The number of carbonyl (C=O) groups excluding carboxylic acids is 2. The van der Waals surface area contributed by atoms with Gasteiger partial charge in [-0.3, -0.25) is 14.9 Å². The first-order chi connectivity index (χ1) is 8.09. The standard InChI is InChI=1S/C11H18N2O4/c14-9(5-1-2-6-10(15)16)12-11(17)13-7-3-4-8-13/h1-8H2,(H,15,16)(H,12,14,17). The summed E-state index contributed by atoms with van der Waals surface area (Å²) < 4.78 is 0. The van der Waals surface area contributed by atoms with E-state index in [4.69, 9.17) is 5.11 Å². The zero-order valence-corrected chi connectivity index (χ0v) is 9.78. The number of hydrogen-bond acceptors (Lipinski definition) is 3. The largest absolute Gasteiger partial charge is 0.481 e. The number of nitrogens with zero attached hydrogens (tertiary/aromatic N) is 1. The number of hydrogen-bond donors (Lipinski definition) is 2. The molecular formula is C11H18N2O4. The molecule has 6 heteroatoms. The number of unbranched alkanes of at least 4 members (excludes halogenated alkanes) is 1. The van der Waals surface area contributed by atoms with Gasteiger partial charge in [0.05, 0.1) is 0 Å². The molecule has 2 N–H and O–H groups in total. The van der Waals surface area contributed by atoms with E-state index in [-0.39, 0.29) is 24.8 Å². The predicted molar refractivity (Wildman–Crippen MR) is 60.4 cm³/mol. The fraction of sp³-hybridized carbons (Fsp3) is 0.727. The third-order valence-electron chi connectivity index (χ3n) is 2.68. The predicted octanol–water partition coefficient (Wildman–Crippen LogP) is 0.963. The van der Waals surface area contributed by atoms with Crippen LogP contribution in [-0.4, -0.2) is 41.0 Å². The first-order valence-electron chi connectivity index (χ1n) is 5.90. The third kappa shape index (κ3) is 5.33. The highest BCUT2D eigenvalue weighted by Gasteiger charge is 2.19. The highest BCUT2D eigenvalue weighted by Crippen LogP contribution is 2.07. The van der Waals surface area contributed by atoms with Crippen molar-refractivity contribution in [2.75, 3.05) is 13.1 Å². The van der Waals surface area contributed by atoms with Crippen LogP contribution in [0.4, 0.5) is 4.79 Å². The van der Waals surface area contributed by atoms with Crippen LogP contribution in [-0.2, 0) is 9.59 Å². The van der Waals surface area contributed by atoms with E-state index in [0.29, 0.717) is 25.9 Å². The summed E-state index contributed by atoms with van der Waals surface area (Å²) in [5, 5.41) is 10.7. The molecule has 0 aromatic carbocycles. The van der Waals surface area contributed by atoms with Gasteiger partial charge in [-0.2, -0.15) is 0 Å². The maximum absolute atomic E-state index is 11.5. The lowest BCUT2D eigenvalue weighted by molar-refractivity contribution is -0.137. The van der Waals surface area contributed by atoms with Crippen LogP contribution in [0.25, 0.3) is 0 Å². The highest BCUT2D eigenvalue weighted by molar-refractivity contribution is 5.94. The van der Waals surface area contributed by atoms with E-state index >= 15 is 0 Å². The smallest absolute Gasteiger partial charge is 0.324 e. The zero-order valence-electron chi connectivity index (χ0n) is 9.78. The number of carbonyl (C=O) groups is 3. The van der Waals surface area contributed by atoms with Crippen LogP contribution in [0, 0.1) is 0 Å². The van der Waals surface area contributed by atoms with Crippen LogP contribution in [0.2, 0.25) is 0 Å². The SMILES string of the molecule is O=C(O)CCCCC(=O)NC(=O)N1CCCC1.